The molecule has 0 aromatic heterocycles. The quantitative estimate of drug-likeness (QED) is 0.513. The molecule has 1 atom stereocenters. The van der Waals surface area contributed by atoms with Gasteiger partial charge in [0.15, 0.2) is 5.96 Å². The fourth-order valence-corrected chi connectivity index (χ4v) is 1.74. The van der Waals surface area contributed by atoms with Crippen molar-refractivity contribution >= 4 is 5.96 Å². The van der Waals surface area contributed by atoms with E-state index in [0.29, 0.717) is 6.10 Å². The molecule has 0 aromatic carbocycles. The van der Waals surface area contributed by atoms with Crippen molar-refractivity contribution in [1.82, 2.24) is 9.80 Å². The van der Waals surface area contributed by atoms with E-state index in [1.807, 2.05) is 38.0 Å². The van der Waals surface area contributed by atoms with Crippen molar-refractivity contribution < 1.29 is 4.74 Å². The molecule has 0 heterocycles. The van der Waals surface area contributed by atoms with Crippen molar-refractivity contribution in [3.8, 4) is 0 Å². The van der Waals surface area contributed by atoms with Crippen LogP contribution in [-0.2, 0) is 4.74 Å². The highest BCUT2D eigenvalue weighted by atomic mass is 16.5. The van der Waals surface area contributed by atoms with E-state index in [2.05, 4.69) is 4.99 Å². The van der Waals surface area contributed by atoms with Crippen LogP contribution in [0.2, 0.25) is 0 Å². The Kier molecular flexibility index (Phi) is 4.39. The van der Waals surface area contributed by atoms with E-state index < -0.39 is 0 Å². The van der Waals surface area contributed by atoms with E-state index in [0.717, 1.165) is 18.4 Å². The predicted molar refractivity (Wildman–Crippen MR) is 63.2 cm³/mol. The highest BCUT2D eigenvalue weighted by molar-refractivity contribution is 5.79. The first-order valence-electron chi connectivity index (χ1n) is 5.48. The van der Waals surface area contributed by atoms with Crippen LogP contribution in [0, 0.1) is 5.92 Å². The van der Waals surface area contributed by atoms with Crippen LogP contribution in [0.25, 0.3) is 0 Å². The topological polar surface area (TPSA) is 28.1 Å². The average Bonchev–Trinajstić information content (AvgIpc) is 2.94. The molecule has 0 saturated heterocycles. The fraction of sp³-hybridized carbons (Fsp3) is 0.909. The Morgan fingerprint density at radius 3 is 2.13 bits per heavy atom. The van der Waals surface area contributed by atoms with Gasteiger partial charge in [0.25, 0.3) is 0 Å². The first-order valence-corrected chi connectivity index (χ1v) is 5.48. The van der Waals surface area contributed by atoms with Crippen molar-refractivity contribution in [2.75, 3.05) is 41.8 Å². The van der Waals surface area contributed by atoms with Gasteiger partial charge in [0.1, 0.15) is 0 Å². The molecule has 1 rings (SSSR count). The van der Waals surface area contributed by atoms with E-state index in [4.69, 9.17) is 4.74 Å². The molecule has 0 bridgehead atoms. The molecule has 4 nitrogen and oxygen atoms in total. The fourth-order valence-electron chi connectivity index (χ4n) is 1.74. The average molecular weight is 213 g/mol. The molecule has 0 spiro atoms. The number of aliphatic imine (C=N–C) groups is 1. The number of hydrogen-bond donors (Lipinski definition) is 0. The van der Waals surface area contributed by atoms with E-state index >= 15 is 0 Å². The van der Waals surface area contributed by atoms with E-state index in [1.165, 1.54) is 12.8 Å². The van der Waals surface area contributed by atoms with Gasteiger partial charge < -0.3 is 14.5 Å². The smallest absolute Gasteiger partial charge is 0.195 e. The summed E-state index contributed by atoms with van der Waals surface area (Å²) in [4.78, 5) is 8.65. The van der Waals surface area contributed by atoms with Gasteiger partial charge in [-0.1, -0.05) is 0 Å². The summed E-state index contributed by atoms with van der Waals surface area (Å²) >= 11 is 0. The summed E-state index contributed by atoms with van der Waals surface area (Å²) in [5, 5.41) is 0. The summed E-state index contributed by atoms with van der Waals surface area (Å²) < 4.78 is 5.44. The zero-order chi connectivity index (χ0) is 11.4. The molecular formula is C11H23N3O. The number of rotatable bonds is 4. The number of hydrogen-bond acceptors (Lipinski definition) is 2. The van der Waals surface area contributed by atoms with Crippen LogP contribution in [0.5, 0.6) is 0 Å². The van der Waals surface area contributed by atoms with E-state index in [1.54, 1.807) is 7.11 Å². The number of ether oxygens (including phenoxy) is 1. The van der Waals surface area contributed by atoms with Crippen molar-refractivity contribution in [3.05, 3.63) is 0 Å². The lowest BCUT2D eigenvalue weighted by Crippen LogP contribution is -2.36. The summed E-state index contributed by atoms with van der Waals surface area (Å²) in [6.45, 7) is 0.771. The monoisotopic (exact) mass is 213 g/mol. The minimum Gasteiger partial charge on any atom is -0.379 e. The molecule has 0 N–H and O–H groups in total. The maximum Gasteiger partial charge on any atom is 0.195 e. The Morgan fingerprint density at radius 1 is 1.27 bits per heavy atom. The second-order valence-electron chi connectivity index (χ2n) is 4.54. The Hall–Kier alpha value is -0.770. The third-order valence-corrected chi connectivity index (χ3v) is 2.66. The number of methoxy groups -OCH3 is 1. The largest absolute Gasteiger partial charge is 0.379 e. The van der Waals surface area contributed by atoms with Crippen LogP contribution in [-0.4, -0.2) is 63.7 Å². The van der Waals surface area contributed by atoms with Crippen molar-refractivity contribution in [2.24, 2.45) is 10.9 Å². The molecule has 88 valence electrons. The van der Waals surface area contributed by atoms with Gasteiger partial charge in [0.2, 0.25) is 0 Å². The highest BCUT2D eigenvalue weighted by Gasteiger charge is 2.31. The predicted octanol–water partition coefficient (Wildman–Crippen LogP) is 0.891. The molecule has 1 aliphatic rings. The molecule has 4 heteroatoms. The molecule has 0 amide bonds. The Bertz CT molecular complexity index is 212. The van der Waals surface area contributed by atoms with Gasteiger partial charge >= 0.3 is 0 Å². The van der Waals surface area contributed by atoms with Gasteiger partial charge in [-0.25, -0.2) is 0 Å². The Morgan fingerprint density at radius 2 is 1.80 bits per heavy atom. The molecule has 0 aromatic rings. The van der Waals surface area contributed by atoms with Gasteiger partial charge in [0, 0.05) is 35.3 Å². The molecule has 1 fully saturated rings. The SMILES string of the molecule is COC(CN=C(N(C)C)N(C)C)C1CC1. The summed E-state index contributed by atoms with van der Waals surface area (Å²) in [7, 11) is 9.83. The second kappa shape index (κ2) is 5.35. The zero-order valence-corrected chi connectivity index (χ0v) is 10.5. The van der Waals surface area contributed by atoms with Gasteiger partial charge in [-0.3, -0.25) is 4.99 Å². The van der Waals surface area contributed by atoms with Gasteiger partial charge in [0.05, 0.1) is 12.6 Å². The summed E-state index contributed by atoms with van der Waals surface area (Å²) in [5.41, 5.74) is 0. The lowest BCUT2D eigenvalue weighted by Gasteiger charge is -2.23. The minimum absolute atomic E-state index is 0.305. The van der Waals surface area contributed by atoms with Gasteiger partial charge in [-0.15, -0.1) is 0 Å². The van der Waals surface area contributed by atoms with Crippen molar-refractivity contribution in [2.45, 2.75) is 18.9 Å². The lowest BCUT2D eigenvalue weighted by molar-refractivity contribution is 0.0915. The minimum atomic E-state index is 0.305. The molecule has 0 radical (unpaired) electrons. The third-order valence-electron chi connectivity index (χ3n) is 2.66. The zero-order valence-electron chi connectivity index (χ0n) is 10.5. The van der Waals surface area contributed by atoms with Crippen LogP contribution in [0.3, 0.4) is 0 Å². The molecule has 1 unspecified atom stereocenters. The van der Waals surface area contributed by atoms with Crippen LogP contribution >= 0.6 is 0 Å². The standard InChI is InChI=1S/C11H23N3O/c1-13(2)11(14(3)4)12-8-10(15-5)9-6-7-9/h9-10H,6-8H2,1-5H3. The second-order valence-corrected chi connectivity index (χ2v) is 4.54. The first kappa shape index (κ1) is 12.3. The lowest BCUT2D eigenvalue weighted by atomic mass is 10.2. The normalized spacial score (nSPS) is 17.1. The van der Waals surface area contributed by atoms with Crippen LogP contribution in [0.15, 0.2) is 4.99 Å². The summed E-state index contributed by atoms with van der Waals surface area (Å²) in [6, 6.07) is 0. The van der Waals surface area contributed by atoms with Crippen LogP contribution < -0.4 is 0 Å². The van der Waals surface area contributed by atoms with Crippen LogP contribution in [0.1, 0.15) is 12.8 Å². The number of nitrogens with zero attached hydrogens (tertiary/aromatic N) is 3. The van der Waals surface area contributed by atoms with Crippen molar-refractivity contribution in [1.29, 1.82) is 0 Å². The molecule has 1 saturated carbocycles. The van der Waals surface area contributed by atoms with Crippen LogP contribution in [0.4, 0.5) is 0 Å². The summed E-state index contributed by atoms with van der Waals surface area (Å²) in [5.74, 6) is 1.74. The first-order chi connectivity index (χ1) is 7.06. The molecular weight excluding hydrogens is 190 g/mol. The number of guanidine groups is 1. The van der Waals surface area contributed by atoms with Gasteiger partial charge in [-0.05, 0) is 18.8 Å². The van der Waals surface area contributed by atoms with E-state index in [9.17, 15) is 0 Å². The van der Waals surface area contributed by atoms with E-state index in [-0.39, 0.29) is 0 Å². The maximum absolute atomic E-state index is 5.44. The summed E-state index contributed by atoms with van der Waals surface area (Å²) in [6.07, 6.45) is 2.90. The molecule has 1 aliphatic carbocycles. The Labute approximate surface area is 92.9 Å². The van der Waals surface area contributed by atoms with Crippen molar-refractivity contribution in [3.63, 3.8) is 0 Å². The maximum atomic E-state index is 5.44. The third kappa shape index (κ3) is 3.70. The molecule has 0 aliphatic heterocycles. The van der Waals surface area contributed by atoms with Gasteiger partial charge in [-0.2, -0.15) is 0 Å². The Balaban J connectivity index is 2.50. The highest BCUT2D eigenvalue weighted by Crippen LogP contribution is 2.34. The molecule has 15 heavy (non-hydrogen) atoms.